The number of rotatable bonds is 9. The van der Waals surface area contributed by atoms with Crippen LogP contribution in [0.25, 0.3) is 0 Å². The van der Waals surface area contributed by atoms with Crippen molar-refractivity contribution in [1.29, 1.82) is 0 Å². The molecule has 0 radical (unpaired) electrons. The van der Waals surface area contributed by atoms with Gasteiger partial charge in [-0.25, -0.2) is 8.42 Å². The number of nitrogens with one attached hydrogen (secondary N) is 1. The molecule has 0 aliphatic rings. The summed E-state index contributed by atoms with van der Waals surface area (Å²) in [6, 6.07) is 7.36. The van der Waals surface area contributed by atoms with Crippen molar-refractivity contribution >= 4 is 21.4 Å². The fraction of sp³-hybridized carbons (Fsp3) is 0.600. The zero-order chi connectivity index (χ0) is 15.0. The molecule has 1 unspecified atom stereocenters. The van der Waals surface area contributed by atoms with Gasteiger partial charge in [0.1, 0.15) is 0 Å². The minimum absolute atomic E-state index is 0.0982. The monoisotopic (exact) mass is 317 g/mol. The van der Waals surface area contributed by atoms with Gasteiger partial charge in [-0.15, -0.1) is 0 Å². The Morgan fingerprint density at radius 1 is 1.25 bits per heavy atom. The molecule has 3 nitrogen and oxygen atoms in total. The lowest BCUT2D eigenvalue weighted by Gasteiger charge is -2.12. The lowest BCUT2D eigenvalue weighted by molar-refractivity contribution is 0.506. The average molecular weight is 318 g/mol. The third-order valence-corrected chi connectivity index (χ3v) is 5.07. The molecule has 1 aromatic rings. The Morgan fingerprint density at radius 2 is 1.90 bits per heavy atom. The number of benzene rings is 1. The summed E-state index contributed by atoms with van der Waals surface area (Å²) < 4.78 is 24.1. The van der Waals surface area contributed by atoms with Crippen LogP contribution in [0, 0.1) is 0 Å². The topological polar surface area (TPSA) is 46.2 Å². The van der Waals surface area contributed by atoms with Crippen molar-refractivity contribution in [3.63, 3.8) is 0 Å². The highest BCUT2D eigenvalue weighted by atomic mass is 35.5. The summed E-state index contributed by atoms with van der Waals surface area (Å²) in [6.45, 7) is 5.20. The molecule has 0 aromatic heterocycles. The first-order valence-corrected chi connectivity index (χ1v) is 9.31. The zero-order valence-electron chi connectivity index (χ0n) is 12.2. The molecular weight excluding hydrogens is 294 g/mol. The summed E-state index contributed by atoms with van der Waals surface area (Å²) in [4.78, 5) is 0. The molecule has 5 heteroatoms. The fourth-order valence-corrected chi connectivity index (χ4v) is 3.59. The van der Waals surface area contributed by atoms with Crippen LogP contribution in [0.4, 0.5) is 0 Å². The maximum absolute atomic E-state index is 12.0. The van der Waals surface area contributed by atoms with Gasteiger partial charge in [-0.2, -0.15) is 0 Å². The molecule has 1 atom stereocenters. The number of halogens is 1. The molecule has 114 valence electrons. The Kier molecular flexibility index (Phi) is 7.56. The summed E-state index contributed by atoms with van der Waals surface area (Å²) >= 11 is 5.79. The summed E-state index contributed by atoms with van der Waals surface area (Å²) in [6.07, 6.45) is 2.69. The average Bonchev–Trinajstić information content (AvgIpc) is 2.38. The lowest BCUT2D eigenvalue weighted by Crippen LogP contribution is -2.27. The lowest BCUT2D eigenvalue weighted by atomic mass is 10.2. The molecule has 0 amide bonds. The van der Waals surface area contributed by atoms with Crippen molar-refractivity contribution in [2.45, 2.75) is 44.9 Å². The van der Waals surface area contributed by atoms with Crippen LogP contribution in [0.3, 0.4) is 0 Å². The third kappa shape index (κ3) is 7.27. The molecule has 1 rings (SSSR count). The van der Waals surface area contributed by atoms with Crippen LogP contribution in [0.15, 0.2) is 24.3 Å². The highest BCUT2D eigenvalue weighted by Gasteiger charge is 2.12. The first-order valence-electron chi connectivity index (χ1n) is 7.11. The van der Waals surface area contributed by atoms with E-state index in [0.717, 1.165) is 24.9 Å². The molecule has 1 aromatic carbocycles. The SMILES string of the molecule is CCCNC(C)CCCS(=O)(=O)Cc1ccc(Cl)cc1. The van der Waals surface area contributed by atoms with E-state index < -0.39 is 9.84 Å². The van der Waals surface area contributed by atoms with Gasteiger partial charge in [-0.1, -0.05) is 30.7 Å². The van der Waals surface area contributed by atoms with Gasteiger partial charge in [-0.05, 0) is 50.4 Å². The second kappa shape index (κ2) is 8.65. The molecule has 0 heterocycles. The van der Waals surface area contributed by atoms with Crippen LogP contribution in [-0.4, -0.2) is 26.8 Å². The van der Waals surface area contributed by atoms with Crippen LogP contribution >= 0.6 is 11.6 Å². The molecule has 20 heavy (non-hydrogen) atoms. The van der Waals surface area contributed by atoms with E-state index in [4.69, 9.17) is 11.6 Å². The van der Waals surface area contributed by atoms with Crippen molar-refractivity contribution < 1.29 is 8.42 Å². The Labute approximate surface area is 127 Å². The fourth-order valence-electron chi connectivity index (χ4n) is 2.01. The molecule has 0 saturated heterocycles. The van der Waals surface area contributed by atoms with E-state index in [1.165, 1.54) is 0 Å². The Bertz CT molecular complexity index is 485. The van der Waals surface area contributed by atoms with Crippen LogP contribution in [0.5, 0.6) is 0 Å². The Hall–Kier alpha value is -0.580. The Balaban J connectivity index is 2.36. The highest BCUT2D eigenvalue weighted by Crippen LogP contribution is 2.13. The summed E-state index contributed by atoms with van der Waals surface area (Å²) in [5.74, 6) is 0.342. The van der Waals surface area contributed by atoms with Crippen molar-refractivity contribution in [3.8, 4) is 0 Å². The minimum atomic E-state index is -3.03. The predicted molar refractivity (Wildman–Crippen MR) is 85.9 cm³/mol. The molecule has 0 saturated carbocycles. The van der Waals surface area contributed by atoms with Gasteiger partial charge in [0.15, 0.2) is 9.84 Å². The predicted octanol–water partition coefficient (Wildman–Crippen LogP) is 3.42. The second-order valence-electron chi connectivity index (χ2n) is 5.22. The largest absolute Gasteiger partial charge is 0.314 e. The standard InChI is InChI=1S/C15H24ClNO2S/c1-3-10-17-13(2)5-4-11-20(18,19)12-14-6-8-15(16)9-7-14/h6-9,13,17H,3-5,10-12H2,1-2H3. The van der Waals surface area contributed by atoms with Gasteiger partial charge in [-0.3, -0.25) is 0 Å². The first kappa shape index (κ1) is 17.5. The quantitative estimate of drug-likeness (QED) is 0.759. The summed E-state index contributed by atoms with van der Waals surface area (Å²) in [7, 11) is -3.03. The molecule has 0 aliphatic heterocycles. The van der Waals surface area contributed by atoms with E-state index in [1.807, 2.05) is 0 Å². The van der Waals surface area contributed by atoms with E-state index in [0.29, 0.717) is 17.5 Å². The van der Waals surface area contributed by atoms with Crippen LogP contribution in [-0.2, 0) is 15.6 Å². The van der Waals surface area contributed by atoms with Crippen molar-refractivity contribution in [2.75, 3.05) is 12.3 Å². The van der Waals surface area contributed by atoms with Gasteiger partial charge < -0.3 is 5.32 Å². The second-order valence-corrected chi connectivity index (χ2v) is 7.84. The van der Waals surface area contributed by atoms with Crippen LogP contribution in [0.1, 0.15) is 38.7 Å². The van der Waals surface area contributed by atoms with E-state index in [1.54, 1.807) is 24.3 Å². The van der Waals surface area contributed by atoms with Crippen LogP contribution < -0.4 is 5.32 Å². The summed E-state index contributed by atoms with van der Waals surface area (Å²) in [5, 5.41) is 3.99. The number of hydrogen-bond donors (Lipinski definition) is 1. The van der Waals surface area contributed by atoms with E-state index >= 15 is 0 Å². The zero-order valence-corrected chi connectivity index (χ0v) is 13.8. The minimum Gasteiger partial charge on any atom is -0.314 e. The van der Waals surface area contributed by atoms with E-state index in [2.05, 4.69) is 19.2 Å². The van der Waals surface area contributed by atoms with E-state index in [-0.39, 0.29) is 11.5 Å². The molecule has 0 bridgehead atoms. The van der Waals surface area contributed by atoms with Crippen LogP contribution in [0.2, 0.25) is 5.02 Å². The normalized spacial score (nSPS) is 13.3. The van der Waals surface area contributed by atoms with Gasteiger partial charge in [0.2, 0.25) is 0 Å². The van der Waals surface area contributed by atoms with Crippen molar-refractivity contribution in [1.82, 2.24) is 5.32 Å². The van der Waals surface area contributed by atoms with Crippen molar-refractivity contribution in [2.24, 2.45) is 0 Å². The van der Waals surface area contributed by atoms with Gasteiger partial charge in [0, 0.05) is 11.1 Å². The number of sulfone groups is 1. The van der Waals surface area contributed by atoms with Gasteiger partial charge in [0.05, 0.1) is 11.5 Å². The van der Waals surface area contributed by atoms with Gasteiger partial charge >= 0.3 is 0 Å². The molecule has 1 N–H and O–H groups in total. The Morgan fingerprint density at radius 3 is 2.50 bits per heavy atom. The first-order chi connectivity index (χ1) is 9.43. The molecule has 0 fully saturated rings. The van der Waals surface area contributed by atoms with Crippen molar-refractivity contribution in [3.05, 3.63) is 34.9 Å². The molecule has 0 spiro atoms. The molecular formula is C15H24ClNO2S. The number of hydrogen-bond acceptors (Lipinski definition) is 3. The van der Waals surface area contributed by atoms with Gasteiger partial charge in [0.25, 0.3) is 0 Å². The van der Waals surface area contributed by atoms with E-state index in [9.17, 15) is 8.42 Å². The maximum atomic E-state index is 12.0. The smallest absolute Gasteiger partial charge is 0.154 e. The molecule has 0 aliphatic carbocycles. The highest BCUT2D eigenvalue weighted by molar-refractivity contribution is 7.90. The summed E-state index contributed by atoms with van der Waals surface area (Å²) in [5.41, 5.74) is 0.798. The maximum Gasteiger partial charge on any atom is 0.154 e. The third-order valence-electron chi connectivity index (χ3n) is 3.14.